The summed E-state index contributed by atoms with van der Waals surface area (Å²) in [5, 5.41) is 0. The Balaban J connectivity index is 0.000000225. The van der Waals surface area contributed by atoms with E-state index in [1.807, 2.05) is 19.1 Å². The zero-order chi connectivity index (χ0) is 29.4. The number of nitrogens with zero attached hydrogens (tertiary/aromatic N) is 1. The number of aryl methyl sites for hydroxylation is 4. The molecule has 214 valence electrons. The summed E-state index contributed by atoms with van der Waals surface area (Å²) >= 11 is 0. The Morgan fingerprint density at radius 1 is 0.925 bits per heavy atom. The Bertz CT molecular complexity index is 1300. The van der Waals surface area contributed by atoms with Gasteiger partial charge in [0.25, 0.3) is 0 Å². The fraction of sp³-hybridized carbons (Fsp3) is 0.447. The van der Waals surface area contributed by atoms with Gasteiger partial charge in [0.15, 0.2) is 0 Å². The Labute approximate surface area is 243 Å². The molecule has 0 N–H and O–H groups in total. The molecule has 1 aliphatic heterocycles. The van der Waals surface area contributed by atoms with Gasteiger partial charge in [-0.05, 0) is 110 Å². The van der Waals surface area contributed by atoms with Gasteiger partial charge in [0.1, 0.15) is 5.82 Å². The lowest BCUT2D eigenvalue weighted by molar-refractivity contribution is 0.144. The molecule has 1 nitrogen and oxygen atoms in total. The van der Waals surface area contributed by atoms with Crippen molar-refractivity contribution in [3.05, 3.63) is 100 Å². The topological polar surface area (TPSA) is 12.4 Å². The van der Waals surface area contributed by atoms with Crippen LogP contribution in [0.3, 0.4) is 0 Å². The number of rotatable bonds is 8. The van der Waals surface area contributed by atoms with Gasteiger partial charge in [0.05, 0.1) is 0 Å². The summed E-state index contributed by atoms with van der Waals surface area (Å²) in [7, 11) is 0. The molecule has 1 heterocycles. The molecule has 1 atom stereocenters. The molecule has 3 aromatic carbocycles. The molecule has 4 rings (SSSR count). The second kappa shape index (κ2) is 14.1. The minimum atomic E-state index is -0.134. The van der Waals surface area contributed by atoms with Crippen molar-refractivity contribution in [3.8, 4) is 11.1 Å². The maximum Gasteiger partial charge on any atom is 0.131 e. The van der Waals surface area contributed by atoms with E-state index in [1.165, 1.54) is 48.1 Å². The van der Waals surface area contributed by atoms with Crippen LogP contribution >= 0.6 is 0 Å². The van der Waals surface area contributed by atoms with Crippen LogP contribution in [0, 0.1) is 37.9 Å². The Morgan fingerprint density at radius 3 is 2.02 bits per heavy atom. The molecule has 40 heavy (non-hydrogen) atoms. The summed E-state index contributed by atoms with van der Waals surface area (Å²) in [6, 6.07) is 18.6. The lowest BCUT2D eigenvalue weighted by atomic mass is 9.65. The van der Waals surface area contributed by atoms with Gasteiger partial charge in [-0.3, -0.25) is 4.99 Å². The molecule has 0 aromatic heterocycles. The fourth-order valence-corrected chi connectivity index (χ4v) is 6.44. The molecule has 1 aliphatic rings. The highest BCUT2D eigenvalue weighted by molar-refractivity contribution is 6.01. The largest absolute Gasteiger partial charge is 0.289 e. The first-order valence-corrected chi connectivity index (χ1v) is 15.2. The van der Waals surface area contributed by atoms with Crippen molar-refractivity contribution in [3.63, 3.8) is 0 Å². The summed E-state index contributed by atoms with van der Waals surface area (Å²) < 4.78 is 14.1. The van der Waals surface area contributed by atoms with Gasteiger partial charge < -0.3 is 0 Å². The molecule has 0 spiro atoms. The summed E-state index contributed by atoms with van der Waals surface area (Å²) in [6.07, 6.45) is 7.34. The SMILES string of the molecule is C=C(C)c1ccc(C2=NCC(C)C(CCC)(CCC)C2)cc1.CCc1cc(C)c(-c2ccc(C)cc2F)c(C)c1. The standard InChI is InChI=1S/C21H31N.C17H19F/c1-6-12-21(13-7-2)14-20(22-15-17(21)5)19-10-8-18(9-11-19)16(3)4;1-5-14-9-12(3)17(13(4)10-14)15-7-6-11(2)8-16(15)18/h8-11,17H,3,6-7,12-15H2,1-2,4-5H3;6-10H,5H2,1-4H3. The van der Waals surface area contributed by atoms with Crippen molar-refractivity contribution in [2.24, 2.45) is 16.3 Å². The first-order valence-electron chi connectivity index (χ1n) is 15.2. The van der Waals surface area contributed by atoms with Crippen LogP contribution in [-0.4, -0.2) is 12.3 Å². The van der Waals surface area contributed by atoms with Crippen LogP contribution in [0.2, 0.25) is 0 Å². The minimum Gasteiger partial charge on any atom is -0.289 e. The van der Waals surface area contributed by atoms with Crippen molar-refractivity contribution in [1.82, 2.24) is 0 Å². The Morgan fingerprint density at radius 2 is 1.52 bits per heavy atom. The van der Waals surface area contributed by atoms with Gasteiger partial charge in [-0.25, -0.2) is 4.39 Å². The van der Waals surface area contributed by atoms with Crippen molar-refractivity contribution in [2.45, 2.75) is 93.9 Å². The van der Waals surface area contributed by atoms with Crippen molar-refractivity contribution < 1.29 is 4.39 Å². The van der Waals surface area contributed by atoms with E-state index in [0.717, 1.165) is 47.2 Å². The monoisotopic (exact) mass is 539 g/mol. The molecule has 0 bridgehead atoms. The Kier molecular flexibility index (Phi) is 11.1. The quantitative estimate of drug-likeness (QED) is 0.270. The van der Waals surface area contributed by atoms with E-state index in [4.69, 9.17) is 4.99 Å². The van der Waals surface area contributed by atoms with E-state index in [0.29, 0.717) is 16.9 Å². The Hall–Kier alpha value is -3.00. The number of allylic oxidation sites excluding steroid dienone is 1. The average molecular weight is 540 g/mol. The van der Waals surface area contributed by atoms with E-state index >= 15 is 0 Å². The predicted octanol–water partition coefficient (Wildman–Crippen LogP) is 11.1. The van der Waals surface area contributed by atoms with Gasteiger partial charge >= 0.3 is 0 Å². The molecular formula is C38H50FN. The van der Waals surface area contributed by atoms with Crippen molar-refractivity contribution >= 4 is 11.3 Å². The highest BCUT2D eigenvalue weighted by Crippen LogP contribution is 2.44. The fourth-order valence-electron chi connectivity index (χ4n) is 6.44. The summed E-state index contributed by atoms with van der Waals surface area (Å²) in [6.45, 7) is 22.3. The number of aliphatic imine (C=N–C) groups is 1. The molecule has 0 radical (unpaired) electrons. The van der Waals surface area contributed by atoms with Gasteiger partial charge in [0, 0.05) is 17.8 Å². The molecule has 0 fully saturated rings. The van der Waals surface area contributed by atoms with Crippen LogP contribution in [-0.2, 0) is 6.42 Å². The average Bonchev–Trinajstić information content (AvgIpc) is 2.91. The maximum absolute atomic E-state index is 14.1. The smallest absolute Gasteiger partial charge is 0.131 e. The second-order valence-electron chi connectivity index (χ2n) is 12.0. The zero-order valence-electron chi connectivity index (χ0n) is 26.3. The van der Waals surface area contributed by atoms with Gasteiger partial charge in [-0.15, -0.1) is 0 Å². The van der Waals surface area contributed by atoms with Crippen LogP contribution < -0.4 is 0 Å². The van der Waals surface area contributed by atoms with Gasteiger partial charge in [0.2, 0.25) is 0 Å². The predicted molar refractivity (Wildman–Crippen MR) is 174 cm³/mol. The third-order valence-electron chi connectivity index (χ3n) is 8.72. The lowest BCUT2D eigenvalue weighted by Crippen LogP contribution is -2.37. The molecule has 0 aliphatic carbocycles. The molecular weight excluding hydrogens is 489 g/mol. The van der Waals surface area contributed by atoms with E-state index in [2.05, 4.69) is 91.4 Å². The number of hydrogen-bond acceptors (Lipinski definition) is 1. The molecule has 0 saturated heterocycles. The van der Waals surface area contributed by atoms with E-state index < -0.39 is 0 Å². The third kappa shape index (κ3) is 7.39. The third-order valence-corrected chi connectivity index (χ3v) is 8.72. The molecule has 3 aromatic rings. The molecule has 1 unspecified atom stereocenters. The number of halogens is 1. The first-order chi connectivity index (χ1) is 19.0. The first kappa shape index (κ1) is 31.5. The van der Waals surface area contributed by atoms with Gasteiger partial charge in [-0.1, -0.05) is 101 Å². The molecule has 0 saturated carbocycles. The molecule has 0 amide bonds. The number of hydrogen-bond donors (Lipinski definition) is 0. The van der Waals surface area contributed by atoms with Crippen molar-refractivity contribution in [1.29, 1.82) is 0 Å². The highest BCUT2D eigenvalue weighted by atomic mass is 19.1. The van der Waals surface area contributed by atoms with Crippen LogP contribution in [0.25, 0.3) is 16.7 Å². The van der Waals surface area contributed by atoms with Crippen LogP contribution in [0.1, 0.15) is 100 Å². The summed E-state index contributed by atoms with van der Waals surface area (Å²) in [5.74, 6) is 0.566. The lowest BCUT2D eigenvalue weighted by Gasteiger charge is -2.42. The second-order valence-corrected chi connectivity index (χ2v) is 12.0. The van der Waals surface area contributed by atoms with Crippen LogP contribution in [0.4, 0.5) is 4.39 Å². The molecule has 2 heteroatoms. The van der Waals surface area contributed by atoms with Gasteiger partial charge in [-0.2, -0.15) is 0 Å². The minimum absolute atomic E-state index is 0.134. The summed E-state index contributed by atoms with van der Waals surface area (Å²) in [5.41, 5.74) is 11.7. The zero-order valence-corrected chi connectivity index (χ0v) is 26.3. The van der Waals surface area contributed by atoms with Crippen molar-refractivity contribution in [2.75, 3.05) is 6.54 Å². The van der Waals surface area contributed by atoms with E-state index in [9.17, 15) is 4.39 Å². The van der Waals surface area contributed by atoms with E-state index in [-0.39, 0.29) is 5.82 Å². The van der Waals surface area contributed by atoms with Crippen LogP contribution in [0.5, 0.6) is 0 Å². The van der Waals surface area contributed by atoms with Crippen LogP contribution in [0.15, 0.2) is 66.2 Å². The maximum atomic E-state index is 14.1. The normalized spacial score (nSPS) is 16.1. The number of benzene rings is 3. The highest BCUT2D eigenvalue weighted by Gasteiger charge is 2.38. The summed E-state index contributed by atoms with van der Waals surface area (Å²) in [4.78, 5) is 4.91. The van der Waals surface area contributed by atoms with E-state index in [1.54, 1.807) is 6.07 Å².